The number of para-hydroxylation sites is 2. The minimum Gasteiger partial charge on any atom is -0.455 e. The van der Waals surface area contributed by atoms with Crippen LogP contribution in [0.1, 0.15) is 19.4 Å². The predicted octanol–water partition coefficient (Wildman–Crippen LogP) is 4.59. The highest BCUT2D eigenvalue weighted by Gasteiger charge is 2.12. The van der Waals surface area contributed by atoms with Crippen molar-refractivity contribution in [1.82, 2.24) is 5.32 Å². The molecule has 0 aliphatic heterocycles. The molecule has 140 valence electrons. The number of amides is 1. The predicted molar refractivity (Wildman–Crippen MR) is 106 cm³/mol. The molecule has 0 unspecified atom stereocenters. The first-order chi connectivity index (χ1) is 12.5. The van der Waals surface area contributed by atoms with Crippen molar-refractivity contribution in [2.45, 2.75) is 20.3 Å². The van der Waals surface area contributed by atoms with Crippen LogP contribution in [0.25, 0.3) is 0 Å². The highest BCUT2D eigenvalue weighted by Crippen LogP contribution is 2.33. The molecule has 0 aliphatic carbocycles. The summed E-state index contributed by atoms with van der Waals surface area (Å²) in [5.74, 6) is -0.865. The Bertz CT molecular complexity index is 731. The molecule has 26 heavy (non-hydrogen) atoms. The molecular formula is C19H22Cl2N2O3. The lowest BCUT2D eigenvalue weighted by Crippen LogP contribution is -2.25. The van der Waals surface area contributed by atoms with Gasteiger partial charge in [0.25, 0.3) is 5.91 Å². The number of hydrogen-bond donors (Lipinski definition) is 2. The van der Waals surface area contributed by atoms with Gasteiger partial charge in [0.2, 0.25) is 0 Å². The van der Waals surface area contributed by atoms with Crippen molar-refractivity contribution in [2.24, 2.45) is 0 Å². The largest absolute Gasteiger partial charge is 0.455 e. The fourth-order valence-corrected chi connectivity index (χ4v) is 2.46. The average Bonchev–Trinajstić information content (AvgIpc) is 2.65. The molecule has 0 radical (unpaired) electrons. The number of carbonyl (C=O) groups is 2. The van der Waals surface area contributed by atoms with E-state index in [1.807, 2.05) is 19.9 Å². The van der Waals surface area contributed by atoms with Gasteiger partial charge in [-0.25, -0.2) is 0 Å². The van der Waals surface area contributed by atoms with E-state index in [1.54, 1.807) is 36.4 Å². The average molecular weight is 397 g/mol. The molecule has 2 aromatic rings. The second kappa shape index (κ2) is 11.4. The normalized spacial score (nSPS) is 9.58. The summed E-state index contributed by atoms with van der Waals surface area (Å²) in [5, 5.41) is 6.47. The first-order valence-electron chi connectivity index (χ1n) is 8.16. The maximum atomic E-state index is 11.9. The van der Waals surface area contributed by atoms with E-state index in [1.165, 1.54) is 7.05 Å². The van der Waals surface area contributed by atoms with Crippen LogP contribution < -0.4 is 10.6 Å². The number of halogens is 2. The zero-order valence-corrected chi connectivity index (χ0v) is 16.4. The van der Waals surface area contributed by atoms with Crippen LogP contribution in [0, 0.1) is 0 Å². The summed E-state index contributed by atoms with van der Waals surface area (Å²) < 4.78 is 4.92. The fourth-order valence-electron chi connectivity index (χ4n) is 1.97. The zero-order chi connectivity index (χ0) is 19.5. The minimum absolute atomic E-state index is 0.0161. The van der Waals surface area contributed by atoms with E-state index in [4.69, 9.17) is 27.9 Å². The van der Waals surface area contributed by atoms with Crippen LogP contribution >= 0.6 is 23.2 Å². The molecule has 1 amide bonds. The molecule has 0 heterocycles. The van der Waals surface area contributed by atoms with Gasteiger partial charge in [0, 0.05) is 12.7 Å². The van der Waals surface area contributed by atoms with E-state index in [2.05, 4.69) is 10.6 Å². The standard InChI is InChI=1S/C17H16Cl2N2O3.C2H6/c1-20-15(22)10-24-16(23)9-11-5-2-3-8-14(11)21-17-12(18)6-4-7-13(17)19;1-2/h2-8,21H,9-10H2,1H3,(H,20,22);1-2H3. The molecule has 0 bridgehead atoms. The van der Waals surface area contributed by atoms with Crippen molar-refractivity contribution in [2.75, 3.05) is 19.0 Å². The van der Waals surface area contributed by atoms with E-state index >= 15 is 0 Å². The maximum Gasteiger partial charge on any atom is 0.310 e. The topological polar surface area (TPSA) is 67.4 Å². The lowest BCUT2D eigenvalue weighted by Gasteiger charge is -2.14. The van der Waals surface area contributed by atoms with Crippen LogP contribution in [0.15, 0.2) is 42.5 Å². The SMILES string of the molecule is CC.CNC(=O)COC(=O)Cc1ccccc1Nc1c(Cl)cccc1Cl. The lowest BCUT2D eigenvalue weighted by atomic mass is 10.1. The Labute approximate surface area is 163 Å². The molecule has 0 fully saturated rings. The van der Waals surface area contributed by atoms with Gasteiger partial charge in [-0.3, -0.25) is 9.59 Å². The Morgan fingerprint density at radius 1 is 1.00 bits per heavy atom. The third-order valence-corrected chi connectivity index (χ3v) is 3.85. The first-order valence-corrected chi connectivity index (χ1v) is 8.92. The number of anilines is 2. The van der Waals surface area contributed by atoms with Gasteiger partial charge in [-0.05, 0) is 23.8 Å². The summed E-state index contributed by atoms with van der Waals surface area (Å²) >= 11 is 12.3. The number of hydrogen-bond acceptors (Lipinski definition) is 4. The van der Waals surface area contributed by atoms with E-state index < -0.39 is 5.97 Å². The summed E-state index contributed by atoms with van der Waals surface area (Å²) in [5.41, 5.74) is 1.95. The van der Waals surface area contributed by atoms with E-state index in [-0.39, 0.29) is 18.9 Å². The van der Waals surface area contributed by atoms with Gasteiger partial charge < -0.3 is 15.4 Å². The second-order valence-corrected chi connectivity index (χ2v) is 5.70. The summed E-state index contributed by atoms with van der Waals surface area (Å²) in [6, 6.07) is 12.4. The Balaban J connectivity index is 0.00000163. The molecule has 2 rings (SSSR count). The van der Waals surface area contributed by atoms with Gasteiger partial charge in [0.1, 0.15) is 0 Å². The molecular weight excluding hydrogens is 375 g/mol. The Morgan fingerprint density at radius 3 is 2.23 bits per heavy atom. The third kappa shape index (κ3) is 6.58. The van der Waals surface area contributed by atoms with E-state index in [9.17, 15) is 9.59 Å². The van der Waals surface area contributed by atoms with Gasteiger partial charge in [0.15, 0.2) is 6.61 Å². The second-order valence-electron chi connectivity index (χ2n) is 4.89. The number of benzene rings is 2. The maximum absolute atomic E-state index is 11.9. The smallest absolute Gasteiger partial charge is 0.310 e. The summed E-state index contributed by atoms with van der Waals surface area (Å²) in [4.78, 5) is 23.0. The van der Waals surface area contributed by atoms with E-state index in [0.717, 1.165) is 0 Å². The third-order valence-electron chi connectivity index (χ3n) is 3.22. The first kappa shape index (κ1) is 21.8. The van der Waals surface area contributed by atoms with Crippen LogP contribution in [0.4, 0.5) is 11.4 Å². The summed E-state index contributed by atoms with van der Waals surface area (Å²) in [6.07, 6.45) is 0.0161. The van der Waals surface area contributed by atoms with Crippen molar-refractivity contribution in [3.8, 4) is 0 Å². The Morgan fingerprint density at radius 2 is 1.62 bits per heavy atom. The number of esters is 1. The zero-order valence-electron chi connectivity index (χ0n) is 14.9. The highest BCUT2D eigenvalue weighted by molar-refractivity contribution is 6.39. The molecule has 0 aromatic heterocycles. The summed E-state index contributed by atoms with van der Waals surface area (Å²) in [6.45, 7) is 3.70. The van der Waals surface area contributed by atoms with Crippen molar-refractivity contribution in [3.05, 3.63) is 58.1 Å². The van der Waals surface area contributed by atoms with Crippen molar-refractivity contribution < 1.29 is 14.3 Å². The highest BCUT2D eigenvalue weighted by atomic mass is 35.5. The van der Waals surface area contributed by atoms with Gasteiger partial charge in [-0.1, -0.05) is 61.3 Å². The van der Waals surface area contributed by atoms with Crippen LogP contribution in [-0.2, 0) is 20.7 Å². The van der Waals surface area contributed by atoms with Crippen molar-refractivity contribution >= 4 is 46.5 Å². The lowest BCUT2D eigenvalue weighted by molar-refractivity contribution is -0.147. The van der Waals surface area contributed by atoms with Gasteiger partial charge in [0.05, 0.1) is 22.2 Å². The van der Waals surface area contributed by atoms with Crippen LogP contribution in [-0.4, -0.2) is 25.5 Å². The molecule has 0 atom stereocenters. The van der Waals surface area contributed by atoms with Gasteiger partial charge in [-0.15, -0.1) is 0 Å². The van der Waals surface area contributed by atoms with Gasteiger partial charge >= 0.3 is 5.97 Å². The van der Waals surface area contributed by atoms with E-state index in [0.29, 0.717) is 27.0 Å². The Hall–Kier alpha value is -2.24. The fraction of sp³-hybridized carbons (Fsp3) is 0.263. The molecule has 2 aromatic carbocycles. The van der Waals surface area contributed by atoms with Crippen LogP contribution in [0.2, 0.25) is 10.0 Å². The molecule has 5 nitrogen and oxygen atoms in total. The van der Waals surface area contributed by atoms with Gasteiger partial charge in [-0.2, -0.15) is 0 Å². The molecule has 0 spiro atoms. The number of ether oxygens (including phenoxy) is 1. The number of nitrogens with one attached hydrogen (secondary N) is 2. The molecule has 2 N–H and O–H groups in total. The molecule has 7 heteroatoms. The molecule has 0 saturated carbocycles. The van der Waals surface area contributed by atoms with Crippen molar-refractivity contribution in [3.63, 3.8) is 0 Å². The number of rotatable bonds is 6. The molecule has 0 saturated heterocycles. The monoisotopic (exact) mass is 396 g/mol. The minimum atomic E-state index is -0.502. The number of carbonyl (C=O) groups excluding carboxylic acids is 2. The van der Waals surface area contributed by atoms with Crippen molar-refractivity contribution in [1.29, 1.82) is 0 Å². The molecule has 0 aliphatic rings. The quantitative estimate of drug-likeness (QED) is 0.700. The Kier molecular flexibility index (Phi) is 9.55. The van der Waals surface area contributed by atoms with Crippen LogP contribution in [0.5, 0.6) is 0 Å². The number of likely N-dealkylation sites (N-methyl/N-ethyl adjacent to an activating group) is 1. The summed E-state index contributed by atoms with van der Waals surface area (Å²) in [7, 11) is 1.47. The van der Waals surface area contributed by atoms with Crippen LogP contribution in [0.3, 0.4) is 0 Å².